The molecule has 1 N–H and O–H groups in total. The molecule has 0 aromatic heterocycles. The summed E-state index contributed by atoms with van der Waals surface area (Å²) in [5.74, 6) is 0. The van der Waals surface area contributed by atoms with Crippen LogP contribution in [-0.4, -0.2) is 33.4 Å². The van der Waals surface area contributed by atoms with E-state index in [0.29, 0.717) is 4.90 Å². The molecule has 5 heteroatoms. The van der Waals surface area contributed by atoms with Crippen molar-refractivity contribution in [1.82, 2.24) is 4.31 Å². The quantitative estimate of drug-likeness (QED) is 0.792. The molecule has 4 nitrogen and oxygen atoms in total. The van der Waals surface area contributed by atoms with Crippen molar-refractivity contribution in [2.75, 3.05) is 26.0 Å². The number of hydrogen-bond acceptors (Lipinski definition) is 3. The van der Waals surface area contributed by atoms with Crippen LogP contribution in [0.2, 0.25) is 0 Å². The lowest BCUT2D eigenvalue weighted by Crippen LogP contribution is -2.22. The third-order valence-electron chi connectivity index (χ3n) is 3.79. The van der Waals surface area contributed by atoms with Crippen LogP contribution in [0.4, 0.5) is 5.69 Å². The summed E-state index contributed by atoms with van der Waals surface area (Å²) in [5.41, 5.74) is 3.23. The van der Waals surface area contributed by atoms with Gasteiger partial charge in [0.1, 0.15) is 0 Å². The topological polar surface area (TPSA) is 49.4 Å². The highest BCUT2D eigenvalue weighted by atomic mass is 32.2. The van der Waals surface area contributed by atoms with E-state index < -0.39 is 10.0 Å². The van der Waals surface area contributed by atoms with E-state index in [9.17, 15) is 8.42 Å². The van der Waals surface area contributed by atoms with Gasteiger partial charge in [-0.05, 0) is 43.0 Å². The molecular formula is C18H24N2O2S. The molecular weight excluding hydrogens is 308 g/mol. The lowest BCUT2D eigenvalue weighted by atomic mass is 10.1. The van der Waals surface area contributed by atoms with Crippen molar-refractivity contribution in [2.24, 2.45) is 0 Å². The Hall–Kier alpha value is -1.85. The van der Waals surface area contributed by atoms with Gasteiger partial charge in [0.05, 0.1) is 4.90 Å². The first kappa shape index (κ1) is 17.5. The second kappa shape index (κ2) is 7.62. The van der Waals surface area contributed by atoms with E-state index in [1.165, 1.54) is 9.87 Å². The van der Waals surface area contributed by atoms with Crippen molar-refractivity contribution in [3.05, 3.63) is 59.7 Å². The van der Waals surface area contributed by atoms with Gasteiger partial charge in [0.25, 0.3) is 0 Å². The maximum absolute atomic E-state index is 12.2. The molecule has 0 radical (unpaired) electrons. The van der Waals surface area contributed by atoms with Crippen molar-refractivity contribution in [2.45, 2.75) is 24.7 Å². The number of aryl methyl sites for hydroxylation is 2. The van der Waals surface area contributed by atoms with Crippen LogP contribution in [0, 0.1) is 6.92 Å². The van der Waals surface area contributed by atoms with E-state index in [-0.39, 0.29) is 0 Å². The van der Waals surface area contributed by atoms with Crippen LogP contribution in [-0.2, 0) is 16.4 Å². The van der Waals surface area contributed by atoms with Crippen LogP contribution in [0.1, 0.15) is 17.5 Å². The lowest BCUT2D eigenvalue weighted by molar-refractivity contribution is 0.521. The molecule has 0 unspecified atom stereocenters. The third-order valence-corrected chi connectivity index (χ3v) is 5.60. The maximum atomic E-state index is 12.2. The van der Waals surface area contributed by atoms with Crippen molar-refractivity contribution >= 4 is 15.7 Å². The summed E-state index contributed by atoms with van der Waals surface area (Å²) in [6.07, 6.45) is 2.00. The summed E-state index contributed by atoms with van der Waals surface area (Å²) >= 11 is 0. The highest BCUT2D eigenvalue weighted by Gasteiger charge is 2.17. The summed E-state index contributed by atoms with van der Waals surface area (Å²) in [6.45, 7) is 2.78. The van der Waals surface area contributed by atoms with Crippen LogP contribution in [0.5, 0.6) is 0 Å². The van der Waals surface area contributed by atoms with Gasteiger partial charge in [0, 0.05) is 26.3 Å². The number of hydrogen-bond donors (Lipinski definition) is 1. The Morgan fingerprint density at radius 2 is 1.74 bits per heavy atom. The van der Waals surface area contributed by atoms with E-state index in [1.54, 1.807) is 26.2 Å². The lowest BCUT2D eigenvalue weighted by Gasteiger charge is -2.15. The third kappa shape index (κ3) is 4.56. The van der Waals surface area contributed by atoms with Gasteiger partial charge in [-0.15, -0.1) is 0 Å². The van der Waals surface area contributed by atoms with Gasteiger partial charge in [-0.1, -0.05) is 36.4 Å². The first-order valence-electron chi connectivity index (χ1n) is 7.72. The zero-order valence-corrected chi connectivity index (χ0v) is 14.7. The average molecular weight is 332 g/mol. The minimum absolute atomic E-state index is 0.318. The van der Waals surface area contributed by atoms with Gasteiger partial charge in [0.2, 0.25) is 10.0 Å². The van der Waals surface area contributed by atoms with E-state index in [1.807, 2.05) is 31.2 Å². The first-order chi connectivity index (χ1) is 10.9. The van der Waals surface area contributed by atoms with Crippen molar-refractivity contribution in [3.63, 3.8) is 0 Å². The molecule has 0 heterocycles. The summed E-state index contributed by atoms with van der Waals surface area (Å²) < 4.78 is 25.7. The Morgan fingerprint density at radius 1 is 1.04 bits per heavy atom. The van der Waals surface area contributed by atoms with E-state index >= 15 is 0 Å². The largest absolute Gasteiger partial charge is 0.385 e. The standard InChI is InChI=1S/C18H24N2O2S/c1-15-11-12-17(23(21,22)20(2)3)14-18(15)19-13-7-10-16-8-5-4-6-9-16/h4-6,8-9,11-12,14,19H,7,10,13H2,1-3H3. The molecule has 0 aliphatic heterocycles. The molecule has 2 aromatic rings. The molecule has 0 saturated heterocycles. The molecule has 0 aliphatic rings. The second-order valence-corrected chi connectivity index (χ2v) is 7.93. The van der Waals surface area contributed by atoms with Crippen LogP contribution in [0.15, 0.2) is 53.4 Å². The van der Waals surface area contributed by atoms with E-state index in [0.717, 1.165) is 30.6 Å². The van der Waals surface area contributed by atoms with Crippen molar-refractivity contribution < 1.29 is 8.42 Å². The van der Waals surface area contributed by atoms with Crippen LogP contribution in [0.25, 0.3) is 0 Å². The molecule has 0 amide bonds. The smallest absolute Gasteiger partial charge is 0.242 e. The van der Waals surface area contributed by atoms with E-state index in [4.69, 9.17) is 0 Å². The van der Waals surface area contributed by atoms with Gasteiger partial charge in [-0.2, -0.15) is 0 Å². The Morgan fingerprint density at radius 3 is 2.39 bits per heavy atom. The van der Waals surface area contributed by atoms with Crippen LogP contribution < -0.4 is 5.32 Å². The minimum Gasteiger partial charge on any atom is -0.385 e. The van der Waals surface area contributed by atoms with Crippen LogP contribution in [0.3, 0.4) is 0 Å². The van der Waals surface area contributed by atoms with Gasteiger partial charge in [-0.25, -0.2) is 12.7 Å². The maximum Gasteiger partial charge on any atom is 0.242 e. The number of sulfonamides is 1. The fraction of sp³-hybridized carbons (Fsp3) is 0.333. The van der Waals surface area contributed by atoms with Crippen molar-refractivity contribution in [1.29, 1.82) is 0 Å². The fourth-order valence-corrected chi connectivity index (χ4v) is 3.25. The summed E-state index contributed by atoms with van der Waals surface area (Å²) in [4.78, 5) is 0.318. The monoisotopic (exact) mass is 332 g/mol. The summed E-state index contributed by atoms with van der Waals surface area (Å²) in [5, 5.41) is 3.35. The molecule has 124 valence electrons. The van der Waals surface area contributed by atoms with Gasteiger partial charge >= 0.3 is 0 Å². The highest BCUT2D eigenvalue weighted by Crippen LogP contribution is 2.22. The number of nitrogens with zero attached hydrogens (tertiary/aromatic N) is 1. The van der Waals surface area contributed by atoms with Crippen molar-refractivity contribution in [3.8, 4) is 0 Å². The van der Waals surface area contributed by atoms with Gasteiger partial charge in [0.15, 0.2) is 0 Å². The number of rotatable bonds is 7. The second-order valence-electron chi connectivity index (χ2n) is 5.78. The number of nitrogens with one attached hydrogen (secondary N) is 1. The molecule has 2 aromatic carbocycles. The zero-order valence-electron chi connectivity index (χ0n) is 13.9. The Balaban J connectivity index is 2.00. The normalized spacial score (nSPS) is 11.7. The molecule has 2 rings (SSSR count). The predicted octanol–water partition coefficient (Wildman–Crippen LogP) is 3.29. The Kier molecular flexibility index (Phi) is 5.80. The van der Waals surface area contributed by atoms with E-state index in [2.05, 4.69) is 17.4 Å². The SMILES string of the molecule is Cc1ccc(S(=O)(=O)N(C)C)cc1NCCCc1ccccc1. The molecule has 0 aliphatic carbocycles. The summed E-state index contributed by atoms with van der Waals surface area (Å²) in [7, 11) is -0.309. The fourth-order valence-electron chi connectivity index (χ4n) is 2.32. The van der Waals surface area contributed by atoms with Crippen LogP contribution >= 0.6 is 0 Å². The average Bonchev–Trinajstić information content (AvgIpc) is 2.53. The molecule has 0 saturated carbocycles. The summed E-state index contributed by atoms with van der Waals surface area (Å²) in [6, 6.07) is 15.6. The molecule has 0 atom stereocenters. The molecule has 0 fully saturated rings. The number of benzene rings is 2. The molecule has 0 spiro atoms. The molecule has 23 heavy (non-hydrogen) atoms. The zero-order chi connectivity index (χ0) is 16.9. The highest BCUT2D eigenvalue weighted by molar-refractivity contribution is 7.89. The van der Waals surface area contributed by atoms with Gasteiger partial charge in [-0.3, -0.25) is 0 Å². The first-order valence-corrected chi connectivity index (χ1v) is 9.16. The predicted molar refractivity (Wildman–Crippen MR) is 95.3 cm³/mol. The Bertz CT molecular complexity index is 741. The van der Waals surface area contributed by atoms with Gasteiger partial charge < -0.3 is 5.32 Å². The Labute approximate surface area is 139 Å². The number of anilines is 1. The molecule has 0 bridgehead atoms. The minimum atomic E-state index is -3.40.